The molecule has 2 heterocycles. The van der Waals surface area contributed by atoms with Gasteiger partial charge in [-0.15, -0.1) is 0 Å². The van der Waals surface area contributed by atoms with E-state index in [0.717, 1.165) is 27.7 Å². The van der Waals surface area contributed by atoms with Crippen molar-refractivity contribution < 1.29 is 4.79 Å². The number of nitrogens with zero attached hydrogens (tertiary/aromatic N) is 2. The van der Waals surface area contributed by atoms with E-state index in [4.69, 9.17) is 0 Å². The van der Waals surface area contributed by atoms with E-state index in [1.54, 1.807) is 0 Å². The Balaban J connectivity index is 1.47. The van der Waals surface area contributed by atoms with Gasteiger partial charge in [0, 0.05) is 30.9 Å². The quantitative estimate of drug-likeness (QED) is 0.619. The standard InChI is InChI=1S/C21H19N3O/c1-15-6-5-13-24-14-17(23-20(15)24)11-12-22-21(25)19-10-4-8-16-7-2-3-9-18(16)19/h2-10,13-14H,11-12H2,1H3,(H,22,25). The smallest absolute Gasteiger partial charge is 0.251 e. The van der Waals surface area contributed by atoms with Gasteiger partial charge in [-0.05, 0) is 35.4 Å². The fourth-order valence-electron chi connectivity index (χ4n) is 3.15. The molecular weight excluding hydrogens is 310 g/mol. The summed E-state index contributed by atoms with van der Waals surface area (Å²) in [5.74, 6) is -0.0447. The van der Waals surface area contributed by atoms with Crippen LogP contribution < -0.4 is 5.32 Å². The summed E-state index contributed by atoms with van der Waals surface area (Å²) in [6.45, 7) is 2.61. The highest BCUT2D eigenvalue weighted by Gasteiger charge is 2.10. The zero-order valence-corrected chi connectivity index (χ0v) is 14.1. The van der Waals surface area contributed by atoms with E-state index in [1.165, 1.54) is 0 Å². The molecule has 2 aromatic heterocycles. The minimum absolute atomic E-state index is 0.0447. The van der Waals surface area contributed by atoms with Crippen LogP contribution in [-0.4, -0.2) is 21.8 Å². The van der Waals surface area contributed by atoms with E-state index in [9.17, 15) is 4.79 Å². The Morgan fingerprint density at radius 3 is 2.80 bits per heavy atom. The van der Waals surface area contributed by atoms with Crippen molar-refractivity contribution in [2.45, 2.75) is 13.3 Å². The summed E-state index contributed by atoms with van der Waals surface area (Å²) in [6, 6.07) is 17.8. The number of fused-ring (bicyclic) bond motifs is 2. The molecule has 4 aromatic rings. The van der Waals surface area contributed by atoms with Crippen LogP contribution >= 0.6 is 0 Å². The van der Waals surface area contributed by atoms with E-state index in [1.807, 2.05) is 65.3 Å². The molecule has 0 aliphatic rings. The summed E-state index contributed by atoms with van der Waals surface area (Å²) in [6.07, 6.45) is 4.72. The fraction of sp³-hybridized carbons (Fsp3) is 0.143. The van der Waals surface area contributed by atoms with Gasteiger partial charge in [-0.25, -0.2) is 4.98 Å². The van der Waals surface area contributed by atoms with Crippen molar-refractivity contribution in [1.29, 1.82) is 0 Å². The van der Waals surface area contributed by atoms with Crippen LogP contribution in [0.25, 0.3) is 16.4 Å². The molecule has 1 amide bonds. The van der Waals surface area contributed by atoms with E-state index in [-0.39, 0.29) is 5.91 Å². The molecule has 124 valence electrons. The third-order valence-electron chi connectivity index (χ3n) is 4.43. The second-order valence-corrected chi connectivity index (χ2v) is 6.19. The number of imidazole rings is 1. The predicted molar refractivity (Wildman–Crippen MR) is 99.9 cm³/mol. The van der Waals surface area contributed by atoms with Crippen molar-refractivity contribution in [3.8, 4) is 0 Å². The lowest BCUT2D eigenvalue weighted by Crippen LogP contribution is -2.25. The first-order valence-corrected chi connectivity index (χ1v) is 8.41. The molecule has 4 heteroatoms. The Hall–Kier alpha value is -3.14. The lowest BCUT2D eigenvalue weighted by Gasteiger charge is -2.07. The lowest BCUT2D eigenvalue weighted by atomic mass is 10.0. The number of pyridine rings is 1. The van der Waals surface area contributed by atoms with Gasteiger partial charge in [0.25, 0.3) is 5.91 Å². The van der Waals surface area contributed by atoms with Crippen LogP contribution in [0.4, 0.5) is 0 Å². The lowest BCUT2D eigenvalue weighted by molar-refractivity contribution is 0.0955. The van der Waals surface area contributed by atoms with Crippen LogP contribution in [-0.2, 0) is 6.42 Å². The molecule has 0 fully saturated rings. The molecule has 4 rings (SSSR count). The highest BCUT2D eigenvalue weighted by molar-refractivity contribution is 6.06. The molecule has 0 aliphatic heterocycles. The van der Waals surface area contributed by atoms with Crippen LogP contribution in [0.1, 0.15) is 21.6 Å². The van der Waals surface area contributed by atoms with Gasteiger partial charge in [0.05, 0.1) is 5.69 Å². The largest absolute Gasteiger partial charge is 0.352 e. The molecule has 0 radical (unpaired) electrons. The minimum atomic E-state index is -0.0447. The summed E-state index contributed by atoms with van der Waals surface area (Å²) in [5, 5.41) is 5.06. The van der Waals surface area contributed by atoms with Crippen molar-refractivity contribution in [3.63, 3.8) is 0 Å². The Morgan fingerprint density at radius 2 is 1.92 bits per heavy atom. The summed E-state index contributed by atoms with van der Waals surface area (Å²) >= 11 is 0. The minimum Gasteiger partial charge on any atom is -0.352 e. The molecule has 0 aliphatic carbocycles. The molecule has 0 spiro atoms. The highest BCUT2D eigenvalue weighted by atomic mass is 16.1. The molecule has 0 atom stereocenters. The number of rotatable bonds is 4. The summed E-state index contributed by atoms with van der Waals surface area (Å²) < 4.78 is 2.02. The van der Waals surface area contributed by atoms with Gasteiger partial charge < -0.3 is 9.72 Å². The molecule has 0 bridgehead atoms. The van der Waals surface area contributed by atoms with Crippen LogP contribution in [0.15, 0.2) is 67.0 Å². The molecule has 2 aromatic carbocycles. The van der Waals surface area contributed by atoms with Crippen LogP contribution in [0.5, 0.6) is 0 Å². The maximum absolute atomic E-state index is 12.5. The predicted octanol–water partition coefficient (Wildman–Crippen LogP) is 3.77. The van der Waals surface area contributed by atoms with Crippen molar-refractivity contribution >= 4 is 22.3 Å². The average molecular weight is 329 g/mol. The number of amides is 1. The molecular formula is C21H19N3O. The number of carbonyl (C=O) groups excluding carboxylic acids is 1. The molecule has 0 saturated heterocycles. The van der Waals surface area contributed by atoms with Gasteiger partial charge in [-0.2, -0.15) is 0 Å². The number of aryl methyl sites for hydroxylation is 1. The fourth-order valence-corrected chi connectivity index (χ4v) is 3.15. The normalized spacial score (nSPS) is 11.1. The van der Waals surface area contributed by atoms with Gasteiger partial charge in [-0.3, -0.25) is 4.79 Å². The van der Waals surface area contributed by atoms with Crippen LogP contribution in [0.3, 0.4) is 0 Å². The summed E-state index contributed by atoms with van der Waals surface area (Å²) in [5.41, 5.74) is 3.81. The monoisotopic (exact) mass is 329 g/mol. The number of hydrogen-bond donors (Lipinski definition) is 1. The maximum Gasteiger partial charge on any atom is 0.251 e. The molecule has 25 heavy (non-hydrogen) atoms. The molecule has 4 nitrogen and oxygen atoms in total. The van der Waals surface area contributed by atoms with E-state index < -0.39 is 0 Å². The zero-order valence-electron chi connectivity index (χ0n) is 14.1. The first-order chi connectivity index (χ1) is 12.2. The van der Waals surface area contributed by atoms with Gasteiger partial charge in [-0.1, -0.05) is 42.5 Å². The maximum atomic E-state index is 12.5. The van der Waals surface area contributed by atoms with Gasteiger partial charge in [0.1, 0.15) is 5.65 Å². The zero-order chi connectivity index (χ0) is 17.2. The summed E-state index contributed by atoms with van der Waals surface area (Å²) in [4.78, 5) is 17.2. The number of aromatic nitrogens is 2. The first-order valence-electron chi connectivity index (χ1n) is 8.41. The summed E-state index contributed by atoms with van der Waals surface area (Å²) in [7, 11) is 0. The number of benzene rings is 2. The van der Waals surface area contributed by atoms with E-state index in [2.05, 4.69) is 23.3 Å². The Morgan fingerprint density at radius 1 is 1.08 bits per heavy atom. The Labute approximate surface area is 146 Å². The Bertz CT molecular complexity index is 1060. The topological polar surface area (TPSA) is 46.4 Å². The molecule has 0 unspecified atom stereocenters. The van der Waals surface area contributed by atoms with Gasteiger partial charge in [0.15, 0.2) is 0 Å². The van der Waals surface area contributed by atoms with Crippen molar-refractivity contribution in [1.82, 2.24) is 14.7 Å². The molecule has 0 saturated carbocycles. The Kier molecular flexibility index (Phi) is 3.94. The van der Waals surface area contributed by atoms with E-state index >= 15 is 0 Å². The van der Waals surface area contributed by atoms with Crippen LogP contribution in [0, 0.1) is 6.92 Å². The highest BCUT2D eigenvalue weighted by Crippen LogP contribution is 2.18. The first kappa shape index (κ1) is 15.4. The second-order valence-electron chi connectivity index (χ2n) is 6.19. The van der Waals surface area contributed by atoms with Gasteiger partial charge >= 0.3 is 0 Å². The number of carbonyl (C=O) groups is 1. The van der Waals surface area contributed by atoms with Crippen LogP contribution in [0.2, 0.25) is 0 Å². The average Bonchev–Trinajstić information content (AvgIpc) is 3.05. The van der Waals surface area contributed by atoms with E-state index in [0.29, 0.717) is 18.5 Å². The third-order valence-corrected chi connectivity index (χ3v) is 4.43. The van der Waals surface area contributed by atoms with Crippen molar-refractivity contribution in [2.24, 2.45) is 0 Å². The second kappa shape index (κ2) is 6.40. The van der Waals surface area contributed by atoms with Gasteiger partial charge in [0.2, 0.25) is 0 Å². The van der Waals surface area contributed by atoms with Crippen molar-refractivity contribution in [3.05, 3.63) is 83.8 Å². The third kappa shape index (κ3) is 2.98. The van der Waals surface area contributed by atoms with Crippen molar-refractivity contribution in [2.75, 3.05) is 6.54 Å². The number of hydrogen-bond acceptors (Lipinski definition) is 2. The SMILES string of the molecule is Cc1cccn2cc(CCNC(=O)c3cccc4ccccc34)nc12. The molecule has 1 N–H and O–H groups in total. The number of nitrogens with one attached hydrogen (secondary N) is 1.